The van der Waals surface area contributed by atoms with Gasteiger partial charge in [0.1, 0.15) is 0 Å². The Labute approximate surface area is 80.7 Å². The predicted octanol–water partition coefficient (Wildman–Crippen LogP) is 2.42. The fourth-order valence-electron chi connectivity index (χ4n) is 0.792. The Morgan fingerprint density at radius 2 is 2.09 bits per heavy atom. The van der Waals surface area contributed by atoms with Crippen LogP contribution >= 0.6 is 25.3 Å². The van der Waals surface area contributed by atoms with Crippen molar-refractivity contribution in [2.75, 3.05) is 19.0 Å². The van der Waals surface area contributed by atoms with Crippen LogP contribution in [0.15, 0.2) is 0 Å². The van der Waals surface area contributed by atoms with Crippen molar-refractivity contribution >= 4 is 25.3 Å². The van der Waals surface area contributed by atoms with Gasteiger partial charge in [0.15, 0.2) is 0 Å². The highest BCUT2D eigenvalue weighted by Gasteiger charge is 1.97. The first kappa shape index (κ1) is 11.7. The Bertz CT molecular complexity index is 78.5. The first-order valence-electron chi connectivity index (χ1n) is 4.18. The van der Waals surface area contributed by atoms with Crippen LogP contribution in [0.2, 0.25) is 0 Å². The minimum Gasteiger partial charge on any atom is -0.381 e. The smallest absolute Gasteiger partial charge is 0.0554 e. The van der Waals surface area contributed by atoms with Gasteiger partial charge in [0.2, 0.25) is 0 Å². The van der Waals surface area contributed by atoms with E-state index in [1.807, 2.05) is 0 Å². The van der Waals surface area contributed by atoms with Gasteiger partial charge in [-0.15, -0.1) is 0 Å². The van der Waals surface area contributed by atoms with E-state index in [0.717, 1.165) is 38.2 Å². The van der Waals surface area contributed by atoms with Gasteiger partial charge in [0.25, 0.3) is 0 Å². The van der Waals surface area contributed by atoms with Crippen LogP contribution in [0.25, 0.3) is 0 Å². The molecule has 11 heavy (non-hydrogen) atoms. The summed E-state index contributed by atoms with van der Waals surface area (Å²) < 4.78 is 5.27. The summed E-state index contributed by atoms with van der Waals surface area (Å²) in [6.45, 7) is 3.79. The van der Waals surface area contributed by atoms with E-state index in [1.54, 1.807) is 0 Å². The van der Waals surface area contributed by atoms with Crippen LogP contribution in [-0.4, -0.2) is 24.2 Å². The molecular formula is C8H18OS2. The highest BCUT2D eigenvalue weighted by atomic mass is 32.1. The van der Waals surface area contributed by atoms with Gasteiger partial charge in [0, 0.05) is 17.6 Å². The van der Waals surface area contributed by atoms with Crippen molar-refractivity contribution in [3.05, 3.63) is 0 Å². The standard InChI is InChI=1S/C8H18OS2/c1-2-8(11)4-3-5-9-6-7-10/h8,10-11H,2-7H2,1H3. The summed E-state index contributed by atoms with van der Waals surface area (Å²) in [5, 5.41) is 0.551. The topological polar surface area (TPSA) is 9.23 Å². The monoisotopic (exact) mass is 194 g/mol. The fourth-order valence-corrected chi connectivity index (χ4v) is 1.10. The van der Waals surface area contributed by atoms with Crippen LogP contribution in [0.5, 0.6) is 0 Å². The summed E-state index contributed by atoms with van der Waals surface area (Å²) in [4.78, 5) is 0. The van der Waals surface area contributed by atoms with Crippen molar-refractivity contribution in [2.45, 2.75) is 31.4 Å². The molecule has 0 radical (unpaired) electrons. The number of thiol groups is 2. The number of ether oxygens (including phenoxy) is 1. The molecule has 0 rings (SSSR count). The molecule has 0 amide bonds. The van der Waals surface area contributed by atoms with Crippen LogP contribution in [-0.2, 0) is 4.74 Å². The minimum atomic E-state index is 0.551. The van der Waals surface area contributed by atoms with Crippen LogP contribution in [0.3, 0.4) is 0 Å². The molecule has 1 unspecified atom stereocenters. The highest BCUT2D eigenvalue weighted by molar-refractivity contribution is 7.81. The minimum absolute atomic E-state index is 0.551. The highest BCUT2D eigenvalue weighted by Crippen LogP contribution is 2.07. The van der Waals surface area contributed by atoms with Crippen LogP contribution in [0.4, 0.5) is 0 Å². The van der Waals surface area contributed by atoms with E-state index in [0.29, 0.717) is 5.25 Å². The van der Waals surface area contributed by atoms with Crippen LogP contribution < -0.4 is 0 Å². The van der Waals surface area contributed by atoms with Crippen molar-refractivity contribution < 1.29 is 4.74 Å². The van der Waals surface area contributed by atoms with E-state index in [-0.39, 0.29) is 0 Å². The Morgan fingerprint density at radius 3 is 2.64 bits per heavy atom. The Morgan fingerprint density at radius 1 is 1.36 bits per heavy atom. The van der Waals surface area contributed by atoms with Gasteiger partial charge in [0.05, 0.1) is 6.61 Å². The predicted molar refractivity (Wildman–Crippen MR) is 57.0 cm³/mol. The lowest BCUT2D eigenvalue weighted by Gasteiger charge is -2.06. The van der Waals surface area contributed by atoms with Gasteiger partial charge in [-0.05, 0) is 19.3 Å². The molecule has 0 aromatic carbocycles. The van der Waals surface area contributed by atoms with E-state index in [9.17, 15) is 0 Å². The Balaban J connectivity index is 2.89. The summed E-state index contributed by atoms with van der Waals surface area (Å²) in [5.74, 6) is 0.818. The lowest BCUT2D eigenvalue weighted by molar-refractivity contribution is 0.146. The molecule has 0 aliphatic heterocycles. The second-order valence-corrected chi connectivity index (χ2v) is 3.72. The maximum Gasteiger partial charge on any atom is 0.0554 e. The van der Waals surface area contributed by atoms with Crippen LogP contribution in [0, 0.1) is 0 Å². The molecule has 0 aliphatic rings. The second-order valence-electron chi connectivity index (χ2n) is 2.54. The van der Waals surface area contributed by atoms with Gasteiger partial charge < -0.3 is 4.74 Å². The second kappa shape index (κ2) is 8.75. The molecule has 68 valence electrons. The molecule has 1 atom stereocenters. The molecule has 0 aliphatic carbocycles. The van der Waals surface area contributed by atoms with E-state index >= 15 is 0 Å². The molecule has 0 aromatic rings. The Kier molecular flexibility index (Phi) is 9.28. The van der Waals surface area contributed by atoms with Crippen molar-refractivity contribution in [3.8, 4) is 0 Å². The molecule has 1 nitrogen and oxygen atoms in total. The first-order valence-corrected chi connectivity index (χ1v) is 5.32. The number of hydrogen-bond donors (Lipinski definition) is 2. The third-order valence-electron chi connectivity index (χ3n) is 1.53. The van der Waals surface area contributed by atoms with Gasteiger partial charge in [-0.2, -0.15) is 25.3 Å². The van der Waals surface area contributed by atoms with Crippen molar-refractivity contribution in [3.63, 3.8) is 0 Å². The maximum absolute atomic E-state index is 5.27. The van der Waals surface area contributed by atoms with E-state index in [2.05, 4.69) is 32.2 Å². The molecule has 0 saturated carbocycles. The van der Waals surface area contributed by atoms with Gasteiger partial charge in [-0.3, -0.25) is 0 Å². The van der Waals surface area contributed by atoms with E-state index in [4.69, 9.17) is 4.74 Å². The zero-order chi connectivity index (χ0) is 8.53. The largest absolute Gasteiger partial charge is 0.381 e. The summed E-state index contributed by atoms with van der Waals surface area (Å²) in [6.07, 6.45) is 3.43. The molecule has 0 saturated heterocycles. The molecule has 0 N–H and O–H groups in total. The van der Waals surface area contributed by atoms with Crippen molar-refractivity contribution in [2.24, 2.45) is 0 Å². The first-order chi connectivity index (χ1) is 5.31. The zero-order valence-corrected chi connectivity index (χ0v) is 8.91. The van der Waals surface area contributed by atoms with E-state index in [1.165, 1.54) is 0 Å². The normalized spacial score (nSPS) is 13.4. The molecular weight excluding hydrogens is 176 g/mol. The summed E-state index contributed by atoms with van der Waals surface area (Å²) in [5.41, 5.74) is 0. The molecule has 0 fully saturated rings. The summed E-state index contributed by atoms with van der Waals surface area (Å²) in [7, 11) is 0. The van der Waals surface area contributed by atoms with Crippen molar-refractivity contribution in [1.82, 2.24) is 0 Å². The lowest BCUT2D eigenvalue weighted by Crippen LogP contribution is -2.02. The fraction of sp³-hybridized carbons (Fsp3) is 1.00. The molecule has 0 bridgehead atoms. The molecule has 3 heteroatoms. The number of hydrogen-bond acceptors (Lipinski definition) is 3. The average Bonchev–Trinajstić information content (AvgIpc) is 2.04. The molecule has 0 spiro atoms. The SMILES string of the molecule is CCC(S)CCCOCCS. The van der Waals surface area contributed by atoms with E-state index < -0.39 is 0 Å². The maximum atomic E-state index is 5.27. The lowest BCUT2D eigenvalue weighted by atomic mass is 10.2. The Hall–Kier alpha value is 0.660. The summed E-state index contributed by atoms with van der Waals surface area (Å²) in [6, 6.07) is 0. The average molecular weight is 194 g/mol. The quantitative estimate of drug-likeness (QED) is 0.467. The molecule has 0 heterocycles. The van der Waals surface area contributed by atoms with Crippen LogP contribution in [0.1, 0.15) is 26.2 Å². The van der Waals surface area contributed by atoms with Crippen molar-refractivity contribution in [1.29, 1.82) is 0 Å². The third kappa shape index (κ3) is 8.57. The third-order valence-corrected chi connectivity index (χ3v) is 2.34. The summed E-state index contributed by atoms with van der Waals surface area (Å²) >= 11 is 8.43. The number of rotatable bonds is 7. The molecule has 0 aromatic heterocycles. The van der Waals surface area contributed by atoms with Gasteiger partial charge >= 0.3 is 0 Å². The zero-order valence-electron chi connectivity index (χ0n) is 7.12. The van der Waals surface area contributed by atoms with Gasteiger partial charge in [-0.25, -0.2) is 0 Å². The van der Waals surface area contributed by atoms with Gasteiger partial charge in [-0.1, -0.05) is 6.92 Å².